The van der Waals surface area contributed by atoms with Gasteiger partial charge in [0.25, 0.3) is 0 Å². The van der Waals surface area contributed by atoms with Crippen LogP contribution in [0.25, 0.3) is 0 Å². The molecule has 0 saturated carbocycles. The molecule has 0 bridgehead atoms. The highest BCUT2D eigenvalue weighted by Crippen LogP contribution is 2.45. The Balaban J connectivity index is 2.39. The molecular formula is C15H23NOS. The van der Waals surface area contributed by atoms with Gasteiger partial charge in [-0.25, -0.2) is 0 Å². The lowest BCUT2D eigenvalue weighted by Gasteiger charge is -2.37. The van der Waals surface area contributed by atoms with E-state index >= 15 is 0 Å². The van der Waals surface area contributed by atoms with Crippen LogP contribution in [0.3, 0.4) is 0 Å². The molecule has 0 aromatic heterocycles. The van der Waals surface area contributed by atoms with E-state index in [1.54, 1.807) is 7.11 Å². The Labute approximate surface area is 114 Å². The van der Waals surface area contributed by atoms with Gasteiger partial charge in [-0.3, -0.25) is 0 Å². The Morgan fingerprint density at radius 1 is 1.28 bits per heavy atom. The first kappa shape index (κ1) is 13.8. The largest absolute Gasteiger partial charge is 0.497 e. The fourth-order valence-electron chi connectivity index (χ4n) is 2.47. The van der Waals surface area contributed by atoms with Gasteiger partial charge >= 0.3 is 0 Å². The summed E-state index contributed by atoms with van der Waals surface area (Å²) in [6.45, 7) is 9.07. The molecular weight excluding hydrogens is 242 g/mol. The summed E-state index contributed by atoms with van der Waals surface area (Å²) in [6.07, 6.45) is 0. The molecule has 0 saturated heterocycles. The highest BCUT2D eigenvalue weighted by atomic mass is 32.2. The van der Waals surface area contributed by atoms with Gasteiger partial charge in [-0.05, 0) is 29.7 Å². The lowest BCUT2D eigenvalue weighted by Crippen LogP contribution is -2.38. The van der Waals surface area contributed by atoms with Crippen molar-refractivity contribution in [2.45, 2.75) is 49.9 Å². The first-order valence-corrected chi connectivity index (χ1v) is 7.51. The van der Waals surface area contributed by atoms with E-state index < -0.39 is 0 Å². The number of hydrogen-bond donors (Lipinski definition) is 1. The van der Waals surface area contributed by atoms with Crippen LogP contribution >= 0.6 is 11.8 Å². The number of rotatable bonds is 3. The molecule has 0 amide bonds. The van der Waals surface area contributed by atoms with Gasteiger partial charge in [0.15, 0.2) is 0 Å². The molecule has 0 fully saturated rings. The zero-order valence-corrected chi connectivity index (χ0v) is 12.7. The van der Waals surface area contributed by atoms with Crippen LogP contribution in [0.5, 0.6) is 5.75 Å². The molecule has 1 heterocycles. The lowest BCUT2D eigenvalue weighted by molar-refractivity contribution is 0.345. The minimum atomic E-state index is 0.423. The van der Waals surface area contributed by atoms with Crippen LogP contribution in [0.2, 0.25) is 0 Å². The van der Waals surface area contributed by atoms with E-state index in [1.807, 2.05) is 11.8 Å². The third-order valence-corrected chi connectivity index (χ3v) is 5.07. The molecule has 2 nitrogen and oxygen atoms in total. The topological polar surface area (TPSA) is 21.3 Å². The number of thioether (sulfide) groups is 1. The van der Waals surface area contributed by atoms with Gasteiger partial charge in [-0.15, -0.1) is 11.8 Å². The van der Waals surface area contributed by atoms with Crippen LogP contribution in [-0.4, -0.2) is 18.4 Å². The SMILES string of the molecule is COc1ccc2c(c1)C(NC(C)C)C(C)C(C)S2. The summed E-state index contributed by atoms with van der Waals surface area (Å²) in [5.41, 5.74) is 1.39. The van der Waals surface area contributed by atoms with E-state index in [4.69, 9.17) is 4.74 Å². The maximum Gasteiger partial charge on any atom is 0.119 e. The van der Waals surface area contributed by atoms with Crippen LogP contribution in [0, 0.1) is 5.92 Å². The van der Waals surface area contributed by atoms with Gasteiger partial charge in [-0.1, -0.05) is 27.7 Å². The molecule has 3 atom stereocenters. The Kier molecular flexibility index (Phi) is 4.23. The van der Waals surface area contributed by atoms with Crippen LogP contribution < -0.4 is 10.1 Å². The van der Waals surface area contributed by atoms with Gasteiger partial charge in [0.2, 0.25) is 0 Å². The molecule has 1 aliphatic heterocycles. The van der Waals surface area contributed by atoms with Crippen molar-refractivity contribution in [3.05, 3.63) is 23.8 Å². The van der Waals surface area contributed by atoms with E-state index in [-0.39, 0.29) is 0 Å². The zero-order chi connectivity index (χ0) is 13.3. The van der Waals surface area contributed by atoms with Gasteiger partial charge in [0.05, 0.1) is 7.11 Å². The Morgan fingerprint density at radius 3 is 2.61 bits per heavy atom. The predicted molar refractivity (Wildman–Crippen MR) is 78.5 cm³/mol. The quantitative estimate of drug-likeness (QED) is 0.896. The molecule has 1 aromatic carbocycles. The lowest BCUT2D eigenvalue weighted by atomic mass is 9.90. The second kappa shape index (κ2) is 5.54. The fraction of sp³-hybridized carbons (Fsp3) is 0.600. The number of methoxy groups -OCH3 is 1. The highest BCUT2D eigenvalue weighted by Gasteiger charge is 2.32. The van der Waals surface area contributed by atoms with Gasteiger partial charge in [0, 0.05) is 22.2 Å². The Hall–Kier alpha value is -0.670. The normalized spacial score (nSPS) is 27.1. The van der Waals surface area contributed by atoms with Crippen molar-refractivity contribution in [1.82, 2.24) is 5.32 Å². The standard InChI is InChI=1S/C15H23NOS/c1-9(2)16-15-10(3)11(4)18-14-7-6-12(17-5)8-13(14)15/h6-11,15-16H,1-5H3. The molecule has 2 rings (SSSR count). The van der Waals surface area contributed by atoms with Crippen molar-refractivity contribution in [2.24, 2.45) is 5.92 Å². The number of hydrogen-bond acceptors (Lipinski definition) is 3. The summed E-state index contributed by atoms with van der Waals surface area (Å²) >= 11 is 1.97. The van der Waals surface area contributed by atoms with Gasteiger partial charge in [0.1, 0.15) is 5.75 Å². The van der Waals surface area contributed by atoms with Crippen molar-refractivity contribution in [1.29, 1.82) is 0 Å². The molecule has 1 aliphatic rings. The Bertz CT molecular complexity index is 419. The molecule has 0 radical (unpaired) electrons. The first-order valence-electron chi connectivity index (χ1n) is 6.63. The minimum absolute atomic E-state index is 0.423. The van der Waals surface area contributed by atoms with Crippen molar-refractivity contribution < 1.29 is 4.74 Å². The van der Waals surface area contributed by atoms with E-state index in [2.05, 4.69) is 51.2 Å². The molecule has 1 aromatic rings. The smallest absolute Gasteiger partial charge is 0.119 e. The fourth-order valence-corrected chi connectivity index (χ4v) is 3.71. The average Bonchev–Trinajstić information content (AvgIpc) is 2.34. The van der Waals surface area contributed by atoms with E-state index in [1.165, 1.54) is 10.5 Å². The van der Waals surface area contributed by atoms with Crippen molar-refractivity contribution >= 4 is 11.8 Å². The summed E-state index contributed by atoms with van der Waals surface area (Å²) in [7, 11) is 1.73. The molecule has 3 unspecified atom stereocenters. The van der Waals surface area contributed by atoms with E-state index in [0.717, 1.165) is 5.75 Å². The number of nitrogens with one attached hydrogen (secondary N) is 1. The summed E-state index contributed by atoms with van der Waals surface area (Å²) in [5.74, 6) is 1.57. The van der Waals surface area contributed by atoms with Crippen LogP contribution in [0.1, 0.15) is 39.3 Å². The highest BCUT2D eigenvalue weighted by molar-refractivity contribution is 8.00. The Morgan fingerprint density at radius 2 is 2.00 bits per heavy atom. The van der Waals surface area contributed by atoms with Gasteiger partial charge in [-0.2, -0.15) is 0 Å². The predicted octanol–water partition coefficient (Wildman–Crippen LogP) is 3.86. The minimum Gasteiger partial charge on any atom is -0.497 e. The van der Waals surface area contributed by atoms with Crippen LogP contribution in [-0.2, 0) is 0 Å². The third-order valence-electron chi connectivity index (χ3n) is 3.64. The maximum atomic E-state index is 5.36. The number of benzene rings is 1. The molecule has 0 aliphatic carbocycles. The molecule has 0 spiro atoms. The first-order chi connectivity index (χ1) is 8.52. The molecule has 18 heavy (non-hydrogen) atoms. The second-order valence-electron chi connectivity index (χ2n) is 5.38. The molecule has 1 N–H and O–H groups in total. The summed E-state index contributed by atoms with van der Waals surface area (Å²) in [4.78, 5) is 1.39. The van der Waals surface area contributed by atoms with Crippen molar-refractivity contribution in [3.8, 4) is 5.75 Å². The third kappa shape index (κ3) is 2.67. The zero-order valence-electron chi connectivity index (χ0n) is 11.9. The second-order valence-corrected chi connectivity index (χ2v) is 6.80. The number of ether oxygens (including phenoxy) is 1. The van der Waals surface area contributed by atoms with Gasteiger partial charge < -0.3 is 10.1 Å². The summed E-state index contributed by atoms with van der Waals surface area (Å²) in [6, 6.07) is 7.35. The molecule has 3 heteroatoms. The summed E-state index contributed by atoms with van der Waals surface area (Å²) < 4.78 is 5.36. The average molecular weight is 265 g/mol. The van der Waals surface area contributed by atoms with Crippen LogP contribution in [0.4, 0.5) is 0 Å². The van der Waals surface area contributed by atoms with E-state index in [0.29, 0.717) is 23.3 Å². The van der Waals surface area contributed by atoms with Crippen molar-refractivity contribution in [3.63, 3.8) is 0 Å². The van der Waals surface area contributed by atoms with E-state index in [9.17, 15) is 0 Å². The van der Waals surface area contributed by atoms with Crippen LogP contribution in [0.15, 0.2) is 23.1 Å². The maximum absolute atomic E-state index is 5.36. The summed E-state index contributed by atoms with van der Waals surface area (Å²) in [5, 5.41) is 4.34. The molecule has 100 valence electrons. The number of fused-ring (bicyclic) bond motifs is 1. The monoisotopic (exact) mass is 265 g/mol. The van der Waals surface area contributed by atoms with Crippen molar-refractivity contribution in [2.75, 3.05) is 7.11 Å².